The van der Waals surface area contributed by atoms with E-state index in [9.17, 15) is 4.79 Å². The summed E-state index contributed by atoms with van der Waals surface area (Å²) >= 11 is 0. The fraction of sp³-hybridized carbons (Fsp3) is 0.867. The second kappa shape index (κ2) is 7.49. The molecule has 0 aromatic rings. The van der Waals surface area contributed by atoms with E-state index in [0.29, 0.717) is 6.61 Å². The lowest BCUT2D eigenvalue weighted by Crippen LogP contribution is -2.40. The van der Waals surface area contributed by atoms with E-state index in [1.54, 1.807) is 0 Å². The van der Waals surface area contributed by atoms with Gasteiger partial charge in [-0.3, -0.25) is 4.79 Å². The highest BCUT2D eigenvalue weighted by molar-refractivity contribution is 5.72. The molecule has 1 heterocycles. The smallest absolute Gasteiger partial charge is 0.310 e. The summed E-state index contributed by atoms with van der Waals surface area (Å²) in [6, 6.07) is 2.33. The number of nitriles is 1. The summed E-state index contributed by atoms with van der Waals surface area (Å²) in [5.41, 5.74) is -0.240. The quantitative estimate of drug-likeness (QED) is 0.693. The summed E-state index contributed by atoms with van der Waals surface area (Å²) in [6.07, 6.45) is 3.92. The SMILES string of the molecule is CCOC(=O)C1CCCN(CCCC(C)(C)C#N)C1. The van der Waals surface area contributed by atoms with Crippen LogP contribution in [0.2, 0.25) is 0 Å². The molecule has 1 atom stereocenters. The van der Waals surface area contributed by atoms with Crippen molar-refractivity contribution in [2.24, 2.45) is 11.3 Å². The molecule has 0 amide bonds. The predicted molar refractivity (Wildman–Crippen MR) is 74.4 cm³/mol. The van der Waals surface area contributed by atoms with Crippen molar-refractivity contribution < 1.29 is 9.53 Å². The van der Waals surface area contributed by atoms with Gasteiger partial charge < -0.3 is 9.64 Å². The van der Waals surface area contributed by atoms with Gasteiger partial charge in [-0.2, -0.15) is 5.26 Å². The second-order valence-corrected chi connectivity index (χ2v) is 5.99. The Labute approximate surface area is 116 Å². The van der Waals surface area contributed by atoms with E-state index in [0.717, 1.165) is 45.3 Å². The first kappa shape index (κ1) is 16.0. The molecule has 0 aliphatic carbocycles. The van der Waals surface area contributed by atoms with Crippen LogP contribution in [0.4, 0.5) is 0 Å². The molecule has 0 N–H and O–H groups in total. The molecule has 108 valence electrons. The molecule has 0 bridgehead atoms. The Morgan fingerprint density at radius 1 is 1.53 bits per heavy atom. The van der Waals surface area contributed by atoms with Crippen molar-refractivity contribution >= 4 is 5.97 Å². The summed E-state index contributed by atoms with van der Waals surface area (Å²) in [6.45, 7) is 9.11. The van der Waals surface area contributed by atoms with Crippen molar-refractivity contribution in [1.82, 2.24) is 4.90 Å². The number of piperidine rings is 1. The molecular formula is C15H26N2O2. The normalized spacial score (nSPS) is 20.8. The Bertz CT molecular complexity index is 334. The van der Waals surface area contributed by atoms with E-state index in [-0.39, 0.29) is 17.3 Å². The summed E-state index contributed by atoms with van der Waals surface area (Å²) in [5.74, 6) is -0.0118. The molecule has 1 fully saturated rings. The zero-order valence-electron chi connectivity index (χ0n) is 12.4. The van der Waals surface area contributed by atoms with Gasteiger partial charge in [0.05, 0.1) is 24.0 Å². The first-order valence-corrected chi connectivity index (χ1v) is 7.29. The third-order valence-electron chi connectivity index (χ3n) is 3.70. The number of likely N-dealkylation sites (tertiary alicyclic amines) is 1. The fourth-order valence-electron chi connectivity index (χ4n) is 2.51. The molecule has 0 saturated carbocycles. The molecule has 4 heteroatoms. The lowest BCUT2D eigenvalue weighted by Gasteiger charge is -2.31. The molecule has 1 rings (SSSR count). The molecule has 1 unspecified atom stereocenters. The van der Waals surface area contributed by atoms with Gasteiger partial charge in [0, 0.05) is 6.54 Å². The van der Waals surface area contributed by atoms with Crippen LogP contribution in [0, 0.1) is 22.7 Å². The third-order valence-corrected chi connectivity index (χ3v) is 3.70. The zero-order valence-corrected chi connectivity index (χ0v) is 12.4. The lowest BCUT2D eigenvalue weighted by atomic mass is 9.89. The first-order chi connectivity index (χ1) is 8.98. The summed E-state index contributed by atoms with van der Waals surface area (Å²) in [4.78, 5) is 14.1. The van der Waals surface area contributed by atoms with Gasteiger partial charge in [-0.1, -0.05) is 0 Å². The highest BCUT2D eigenvalue weighted by Gasteiger charge is 2.26. The van der Waals surface area contributed by atoms with Gasteiger partial charge in [0.25, 0.3) is 0 Å². The largest absolute Gasteiger partial charge is 0.466 e. The molecule has 0 spiro atoms. The Kier molecular flexibility index (Phi) is 6.30. The molecule has 4 nitrogen and oxygen atoms in total. The first-order valence-electron chi connectivity index (χ1n) is 7.29. The number of hydrogen-bond acceptors (Lipinski definition) is 4. The van der Waals surface area contributed by atoms with Crippen molar-refractivity contribution in [3.8, 4) is 6.07 Å². The van der Waals surface area contributed by atoms with Crippen LogP contribution in [0.15, 0.2) is 0 Å². The fourth-order valence-corrected chi connectivity index (χ4v) is 2.51. The van der Waals surface area contributed by atoms with Crippen LogP contribution < -0.4 is 0 Å². The monoisotopic (exact) mass is 266 g/mol. The van der Waals surface area contributed by atoms with Gasteiger partial charge in [-0.15, -0.1) is 0 Å². The summed E-state index contributed by atoms with van der Waals surface area (Å²) in [5, 5.41) is 8.98. The minimum Gasteiger partial charge on any atom is -0.466 e. The van der Waals surface area contributed by atoms with Crippen LogP contribution in [0.3, 0.4) is 0 Å². The Balaban J connectivity index is 2.31. The van der Waals surface area contributed by atoms with Gasteiger partial charge in [0.1, 0.15) is 0 Å². The number of carbonyl (C=O) groups excluding carboxylic acids is 1. The maximum atomic E-state index is 11.7. The van der Waals surface area contributed by atoms with Crippen LogP contribution in [0.1, 0.15) is 46.5 Å². The van der Waals surface area contributed by atoms with Gasteiger partial charge in [-0.05, 0) is 59.5 Å². The molecule has 1 aliphatic rings. The maximum absolute atomic E-state index is 11.7. The number of nitrogens with zero attached hydrogens (tertiary/aromatic N) is 2. The maximum Gasteiger partial charge on any atom is 0.310 e. The lowest BCUT2D eigenvalue weighted by molar-refractivity contribution is -0.149. The Hall–Kier alpha value is -1.08. The van der Waals surface area contributed by atoms with Gasteiger partial charge in [0.2, 0.25) is 0 Å². The molecule has 0 radical (unpaired) electrons. The minimum atomic E-state index is -0.240. The van der Waals surface area contributed by atoms with E-state index in [1.165, 1.54) is 0 Å². The number of esters is 1. The van der Waals surface area contributed by atoms with Crippen molar-refractivity contribution in [2.45, 2.75) is 46.5 Å². The van der Waals surface area contributed by atoms with Crippen LogP contribution in [-0.4, -0.2) is 37.1 Å². The van der Waals surface area contributed by atoms with Gasteiger partial charge >= 0.3 is 5.97 Å². The molecule has 1 saturated heterocycles. The Morgan fingerprint density at radius 3 is 2.89 bits per heavy atom. The van der Waals surface area contributed by atoms with E-state index in [1.807, 2.05) is 20.8 Å². The van der Waals surface area contributed by atoms with E-state index < -0.39 is 0 Å². The third kappa shape index (κ3) is 5.61. The number of hydrogen-bond donors (Lipinski definition) is 0. The minimum absolute atomic E-state index is 0.0395. The van der Waals surface area contributed by atoms with Crippen LogP contribution in [-0.2, 0) is 9.53 Å². The zero-order chi connectivity index (χ0) is 14.3. The molecule has 0 aromatic heterocycles. The Morgan fingerprint density at radius 2 is 2.26 bits per heavy atom. The molecule has 0 aromatic carbocycles. The van der Waals surface area contributed by atoms with E-state index in [2.05, 4.69) is 11.0 Å². The summed E-state index contributed by atoms with van der Waals surface area (Å²) < 4.78 is 5.10. The standard InChI is InChI=1S/C15H26N2O2/c1-4-19-14(18)13-7-5-9-17(11-13)10-6-8-15(2,3)12-16/h13H,4-11H2,1-3H3. The average molecular weight is 266 g/mol. The van der Waals surface area contributed by atoms with Crippen molar-refractivity contribution in [2.75, 3.05) is 26.2 Å². The van der Waals surface area contributed by atoms with E-state index in [4.69, 9.17) is 10.00 Å². The van der Waals surface area contributed by atoms with Crippen LogP contribution in [0.5, 0.6) is 0 Å². The van der Waals surface area contributed by atoms with Gasteiger partial charge in [0.15, 0.2) is 0 Å². The predicted octanol–water partition coefficient (Wildman–Crippen LogP) is 2.59. The van der Waals surface area contributed by atoms with Crippen LogP contribution >= 0.6 is 0 Å². The highest BCUT2D eigenvalue weighted by atomic mass is 16.5. The number of rotatable bonds is 6. The molecule has 1 aliphatic heterocycles. The van der Waals surface area contributed by atoms with Crippen molar-refractivity contribution in [3.63, 3.8) is 0 Å². The average Bonchev–Trinajstić information content (AvgIpc) is 2.39. The van der Waals surface area contributed by atoms with Gasteiger partial charge in [-0.25, -0.2) is 0 Å². The number of carbonyl (C=O) groups is 1. The summed E-state index contributed by atoms with van der Waals surface area (Å²) in [7, 11) is 0. The highest BCUT2D eigenvalue weighted by Crippen LogP contribution is 2.23. The molecular weight excluding hydrogens is 240 g/mol. The molecule has 19 heavy (non-hydrogen) atoms. The second-order valence-electron chi connectivity index (χ2n) is 5.99. The van der Waals surface area contributed by atoms with Crippen molar-refractivity contribution in [3.05, 3.63) is 0 Å². The van der Waals surface area contributed by atoms with E-state index >= 15 is 0 Å². The van der Waals surface area contributed by atoms with Crippen molar-refractivity contribution in [1.29, 1.82) is 5.26 Å². The van der Waals surface area contributed by atoms with Crippen LogP contribution in [0.25, 0.3) is 0 Å². The topological polar surface area (TPSA) is 53.3 Å². The number of ether oxygens (including phenoxy) is 1.